The Morgan fingerprint density at radius 2 is 1.89 bits per heavy atom. The second-order valence-electron chi connectivity index (χ2n) is 8.24. The number of pyridine rings is 1. The smallest absolute Gasteiger partial charge is 0.252 e. The van der Waals surface area contributed by atoms with Crippen LogP contribution in [-0.4, -0.2) is 32.8 Å². The highest BCUT2D eigenvalue weighted by Gasteiger charge is 2.20. The topological polar surface area (TPSA) is 109 Å². The molecule has 2 heterocycles. The normalized spacial score (nSPS) is 11.4. The number of halogens is 2. The number of nitrogens with zero attached hydrogens (tertiary/aromatic N) is 3. The summed E-state index contributed by atoms with van der Waals surface area (Å²) < 4.78 is 13.5. The van der Waals surface area contributed by atoms with E-state index in [1.54, 1.807) is 59.3 Å². The molecule has 0 aliphatic carbocycles. The van der Waals surface area contributed by atoms with Gasteiger partial charge in [-0.2, -0.15) is 5.10 Å². The molecule has 1 atom stereocenters. The summed E-state index contributed by atoms with van der Waals surface area (Å²) in [5.74, 6) is 0.448. The highest BCUT2D eigenvalue weighted by atomic mass is 127. The van der Waals surface area contributed by atoms with Crippen LogP contribution in [0.25, 0.3) is 21.7 Å². The molecule has 0 saturated carbocycles. The first-order valence-electron chi connectivity index (χ1n) is 11.0. The van der Waals surface area contributed by atoms with Gasteiger partial charge in [-0.05, 0) is 87.8 Å². The lowest BCUT2D eigenvalue weighted by atomic mass is 10.1. The lowest BCUT2D eigenvalue weighted by Gasteiger charge is -2.11. The lowest BCUT2D eigenvalue weighted by Crippen LogP contribution is -2.17. The molecule has 11 heteroatoms. The zero-order valence-electron chi connectivity index (χ0n) is 19.4. The van der Waals surface area contributed by atoms with Gasteiger partial charge in [0.15, 0.2) is 6.61 Å². The van der Waals surface area contributed by atoms with E-state index < -0.39 is 5.91 Å². The molecule has 0 aliphatic rings. The monoisotopic (exact) mass is 644 g/mol. The van der Waals surface area contributed by atoms with E-state index in [0.29, 0.717) is 21.9 Å². The van der Waals surface area contributed by atoms with Crippen LogP contribution in [0.2, 0.25) is 5.02 Å². The van der Waals surface area contributed by atoms with Gasteiger partial charge in [0.1, 0.15) is 22.9 Å². The van der Waals surface area contributed by atoms with Crippen LogP contribution in [0.1, 0.15) is 26.4 Å². The van der Waals surface area contributed by atoms with Crippen molar-refractivity contribution < 1.29 is 19.1 Å². The summed E-state index contributed by atoms with van der Waals surface area (Å²) >= 11 is 8.27. The third-order valence-electron chi connectivity index (χ3n) is 5.61. The number of benzene rings is 3. The third kappa shape index (κ3) is 5.39. The first kappa shape index (κ1) is 25.4. The number of ether oxygens (including phenoxy) is 2. The predicted octanol–water partition coefficient (Wildman–Crippen LogP) is 6.49. The molecule has 186 valence electrons. The maximum Gasteiger partial charge on any atom is 0.252 e. The Kier molecular flexibility index (Phi) is 7.28. The van der Waals surface area contributed by atoms with Crippen LogP contribution in [0.4, 0.5) is 0 Å². The number of nitrogens with two attached hydrogens (primary N) is 1. The summed E-state index contributed by atoms with van der Waals surface area (Å²) in [7, 11) is 0. The van der Waals surface area contributed by atoms with Gasteiger partial charge in [0.2, 0.25) is 5.78 Å². The Morgan fingerprint density at radius 3 is 2.65 bits per heavy atom. The quantitative estimate of drug-likeness (QED) is 0.118. The van der Waals surface area contributed by atoms with E-state index in [4.69, 9.17) is 26.8 Å². The molecule has 3 aromatic carbocycles. The summed E-state index contributed by atoms with van der Waals surface area (Å²) in [6, 6.07) is 15.9. The number of fused-ring (bicyclic) bond motifs is 2. The molecule has 5 aromatic rings. The zero-order valence-corrected chi connectivity index (χ0v) is 23.3. The number of rotatable bonds is 8. The van der Waals surface area contributed by atoms with Gasteiger partial charge in [-0.25, -0.2) is 4.45 Å². The third-order valence-corrected chi connectivity index (χ3v) is 7.71. The molecule has 0 bridgehead atoms. The summed E-state index contributed by atoms with van der Waals surface area (Å²) in [5.41, 5.74) is 7.75. The van der Waals surface area contributed by atoms with Crippen LogP contribution < -0.4 is 15.2 Å². The maximum absolute atomic E-state index is 13.2. The van der Waals surface area contributed by atoms with Crippen molar-refractivity contribution in [2.45, 2.75) is 6.92 Å². The fourth-order valence-electron chi connectivity index (χ4n) is 3.92. The highest BCUT2D eigenvalue weighted by molar-refractivity contribution is 14.2. The van der Waals surface area contributed by atoms with Crippen molar-refractivity contribution in [3.05, 3.63) is 88.8 Å². The van der Waals surface area contributed by atoms with E-state index in [9.17, 15) is 9.59 Å². The van der Waals surface area contributed by atoms with Crippen molar-refractivity contribution >= 4 is 73.4 Å². The molecule has 1 amide bonds. The molecule has 5 rings (SSSR count). The van der Waals surface area contributed by atoms with E-state index in [1.807, 2.05) is 19.1 Å². The van der Waals surface area contributed by atoms with Gasteiger partial charge < -0.3 is 15.2 Å². The fraction of sp³-hybridized carbons (Fsp3) is 0.0769. The van der Waals surface area contributed by atoms with Crippen LogP contribution in [-0.2, 0) is 0 Å². The predicted molar refractivity (Wildman–Crippen MR) is 154 cm³/mol. The fourth-order valence-corrected chi connectivity index (χ4v) is 5.62. The summed E-state index contributed by atoms with van der Waals surface area (Å²) in [4.78, 5) is 29.4. The standard InChI is InChI=1S/C26H19ClIN4O4P/c1-14-6-19(12-30-11-14)36-18-4-5-20-22(10-18)32(37-28)31-25(20)23(33)13-35-24-9-15-2-3-17(27)7-16(15)8-21(24)26(29)34/h2-12,37H,13H2,1H3,(H2,29,34). The highest BCUT2D eigenvalue weighted by Crippen LogP contribution is 2.34. The minimum Gasteiger partial charge on any atom is -0.485 e. The molecular formula is C26H19ClIN4O4P. The van der Waals surface area contributed by atoms with Crippen LogP contribution in [0.5, 0.6) is 17.2 Å². The van der Waals surface area contributed by atoms with Gasteiger partial charge >= 0.3 is 0 Å². The van der Waals surface area contributed by atoms with Crippen LogP contribution in [0.3, 0.4) is 0 Å². The van der Waals surface area contributed by atoms with Gasteiger partial charge in [-0.3, -0.25) is 14.6 Å². The Labute approximate surface area is 231 Å². The molecule has 0 radical (unpaired) electrons. The van der Waals surface area contributed by atoms with E-state index in [0.717, 1.165) is 21.9 Å². The number of carbonyl (C=O) groups excluding carboxylic acids is 2. The Balaban J connectivity index is 1.42. The van der Waals surface area contributed by atoms with Crippen molar-refractivity contribution in [3.8, 4) is 17.2 Å². The number of aryl methyl sites for hydroxylation is 1. The molecule has 8 nitrogen and oxygen atoms in total. The molecule has 0 spiro atoms. The number of hydrogen-bond donors (Lipinski definition) is 1. The van der Waals surface area contributed by atoms with Crippen LogP contribution in [0, 0.1) is 6.92 Å². The van der Waals surface area contributed by atoms with Gasteiger partial charge in [0.25, 0.3) is 5.91 Å². The first-order chi connectivity index (χ1) is 17.8. The minimum absolute atomic E-state index is 0.166. The Bertz CT molecular complexity index is 1690. The molecule has 0 saturated heterocycles. The van der Waals surface area contributed by atoms with Gasteiger partial charge in [0, 0.05) is 22.7 Å². The average Bonchev–Trinajstić information content (AvgIpc) is 3.25. The summed E-state index contributed by atoms with van der Waals surface area (Å²) in [6.45, 7) is 1.62. The summed E-state index contributed by atoms with van der Waals surface area (Å²) in [5, 5.41) is 7.27. The van der Waals surface area contributed by atoms with Crippen molar-refractivity contribution in [1.29, 1.82) is 0 Å². The molecule has 2 aromatic heterocycles. The van der Waals surface area contributed by atoms with Gasteiger partial charge in [0.05, 0.1) is 23.7 Å². The number of ketones is 1. The second kappa shape index (κ2) is 10.6. The lowest BCUT2D eigenvalue weighted by molar-refractivity contribution is 0.0909. The molecule has 0 aliphatic heterocycles. The van der Waals surface area contributed by atoms with E-state index in [1.165, 1.54) is 0 Å². The van der Waals surface area contributed by atoms with Crippen LogP contribution in [0.15, 0.2) is 67.0 Å². The Hall–Kier alpha value is -3.27. The van der Waals surface area contributed by atoms with E-state index >= 15 is 0 Å². The van der Waals surface area contributed by atoms with Gasteiger partial charge in [-0.15, -0.1) is 0 Å². The number of carbonyl (C=O) groups is 2. The molecular weight excluding hydrogens is 626 g/mol. The van der Waals surface area contributed by atoms with E-state index in [2.05, 4.69) is 32.1 Å². The van der Waals surface area contributed by atoms with E-state index in [-0.39, 0.29) is 35.8 Å². The van der Waals surface area contributed by atoms with Crippen molar-refractivity contribution in [3.63, 3.8) is 0 Å². The van der Waals surface area contributed by atoms with Crippen LogP contribution >= 0.6 is 40.0 Å². The van der Waals surface area contributed by atoms with Crippen molar-refractivity contribution in [2.75, 3.05) is 6.61 Å². The maximum atomic E-state index is 13.2. The zero-order chi connectivity index (χ0) is 26.1. The molecule has 2 N–H and O–H groups in total. The Morgan fingerprint density at radius 1 is 1.05 bits per heavy atom. The number of Topliss-reactive ketones (excluding diaryl/α,β-unsaturated/α-hetero) is 1. The molecule has 0 fully saturated rings. The molecule has 1 unspecified atom stereocenters. The van der Waals surface area contributed by atoms with Crippen molar-refractivity contribution in [1.82, 2.24) is 14.5 Å². The van der Waals surface area contributed by atoms with Crippen molar-refractivity contribution in [2.24, 2.45) is 5.73 Å². The summed E-state index contributed by atoms with van der Waals surface area (Å²) in [6.07, 6.45) is 3.65. The van der Waals surface area contributed by atoms with Gasteiger partial charge in [-0.1, -0.05) is 17.7 Å². The SMILES string of the molecule is Cc1cncc(Oc2ccc3c(C(=O)COc4cc5ccc(Cl)cc5cc4C(N)=O)nn(PI)c3c2)c1. The largest absolute Gasteiger partial charge is 0.485 e. The average molecular weight is 645 g/mol. The molecule has 37 heavy (non-hydrogen) atoms. The second-order valence-corrected chi connectivity index (χ2v) is 10.7. The number of hydrogen-bond acceptors (Lipinski definition) is 6. The number of amides is 1. The number of primary amides is 1. The minimum atomic E-state index is -0.665. The number of aromatic nitrogens is 3. The first-order valence-corrected chi connectivity index (χ1v) is 15.4.